The van der Waals surface area contributed by atoms with E-state index in [2.05, 4.69) is 15.6 Å². The van der Waals surface area contributed by atoms with Gasteiger partial charge in [0.1, 0.15) is 5.82 Å². The van der Waals surface area contributed by atoms with Crippen molar-refractivity contribution in [2.45, 2.75) is 13.5 Å². The number of nitrogens with zero attached hydrogens (tertiary/aromatic N) is 1. The van der Waals surface area contributed by atoms with Crippen LogP contribution in [0.15, 0.2) is 30.5 Å². The normalized spacial score (nSPS) is 10.5. The van der Waals surface area contributed by atoms with Crippen molar-refractivity contribution in [1.82, 2.24) is 10.3 Å². The van der Waals surface area contributed by atoms with Crippen molar-refractivity contribution in [1.29, 1.82) is 0 Å². The molecule has 0 aliphatic carbocycles. The highest BCUT2D eigenvalue weighted by Gasteiger charge is 2.05. The van der Waals surface area contributed by atoms with Crippen LogP contribution in [0.5, 0.6) is 11.5 Å². The second-order valence-corrected chi connectivity index (χ2v) is 5.85. The molecule has 0 fully saturated rings. The van der Waals surface area contributed by atoms with Crippen LogP contribution < -0.4 is 20.1 Å². The van der Waals surface area contributed by atoms with Gasteiger partial charge in [0.25, 0.3) is 0 Å². The van der Waals surface area contributed by atoms with Crippen molar-refractivity contribution in [3.8, 4) is 11.5 Å². The molecular formula is C17H21Cl2N3O2. The van der Waals surface area contributed by atoms with Crippen LogP contribution in [0.4, 0.5) is 5.82 Å². The summed E-state index contributed by atoms with van der Waals surface area (Å²) in [4.78, 5) is 4.15. The van der Waals surface area contributed by atoms with E-state index in [1.165, 1.54) is 0 Å². The monoisotopic (exact) mass is 369 g/mol. The standard InChI is InChI=1S/C17H21Cl2N3O2/c1-3-24-15-5-4-12(8-16(15)23-2)10-20-6-7-21-17-14(19)9-13(18)11-22-17/h4-5,8-9,11,20H,3,6-7,10H2,1-2H3,(H,21,22). The Morgan fingerprint density at radius 1 is 1.12 bits per heavy atom. The van der Waals surface area contributed by atoms with E-state index < -0.39 is 0 Å². The number of methoxy groups -OCH3 is 1. The van der Waals surface area contributed by atoms with Gasteiger partial charge in [-0.05, 0) is 30.7 Å². The molecule has 0 saturated carbocycles. The Morgan fingerprint density at radius 3 is 2.67 bits per heavy atom. The smallest absolute Gasteiger partial charge is 0.161 e. The lowest BCUT2D eigenvalue weighted by molar-refractivity contribution is 0.310. The van der Waals surface area contributed by atoms with Crippen LogP contribution in [0.3, 0.4) is 0 Å². The summed E-state index contributed by atoms with van der Waals surface area (Å²) in [6.45, 7) is 4.75. The van der Waals surface area contributed by atoms with Crippen LogP contribution in [0.25, 0.3) is 0 Å². The highest BCUT2D eigenvalue weighted by Crippen LogP contribution is 2.28. The predicted molar refractivity (Wildman–Crippen MR) is 98.6 cm³/mol. The Hall–Kier alpha value is -1.69. The number of anilines is 1. The molecule has 0 radical (unpaired) electrons. The fourth-order valence-corrected chi connectivity index (χ4v) is 2.59. The molecule has 0 bridgehead atoms. The average molecular weight is 370 g/mol. The maximum Gasteiger partial charge on any atom is 0.161 e. The number of benzene rings is 1. The SMILES string of the molecule is CCOc1ccc(CNCCNc2ncc(Cl)cc2Cl)cc1OC. The van der Waals surface area contributed by atoms with Gasteiger partial charge in [-0.3, -0.25) is 0 Å². The van der Waals surface area contributed by atoms with Crippen molar-refractivity contribution in [3.63, 3.8) is 0 Å². The van der Waals surface area contributed by atoms with Crippen LogP contribution in [-0.2, 0) is 6.54 Å². The Balaban J connectivity index is 1.78. The number of hydrogen-bond donors (Lipinski definition) is 2. The highest BCUT2D eigenvalue weighted by molar-refractivity contribution is 6.35. The molecular weight excluding hydrogens is 349 g/mol. The van der Waals surface area contributed by atoms with Gasteiger partial charge in [-0.25, -0.2) is 4.98 Å². The summed E-state index contributed by atoms with van der Waals surface area (Å²) < 4.78 is 10.9. The summed E-state index contributed by atoms with van der Waals surface area (Å²) in [7, 11) is 1.64. The maximum atomic E-state index is 6.06. The molecule has 0 spiro atoms. The first-order valence-corrected chi connectivity index (χ1v) is 8.45. The topological polar surface area (TPSA) is 55.4 Å². The second kappa shape index (κ2) is 9.57. The molecule has 0 atom stereocenters. The van der Waals surface area contributed by atoms with E-state index in [1.807, 2.05) is 25.1 Å². The zero-order valence-corrected chi connectivity index (χ0v) is 15.2. The largest absolute Gasteiger partial charge is 0.493 e. The van der Waals surface area contributed by atoms with Gasteiger partial charge in [0.15, 0.2) is 11.5 Å². The minimum atomic E-state index is 0.513. The number of nitrogens with one attached hydrogen (secondary N) is 2. The van der Waals surface area contributed by atoms with Gasteiger partial charge in [0.2, 0.25) is 0 Å². The average Bonchev–Trinajstić information content (AvgIpc) is 2.57. The van der Waals surface area contributed by atoms with Crippen molar-refractivity contribution in [2.75, 3.05) is 32.1 Å². The van der Waals surface area contributed by atoms with E-state index in [1.54, 1.807) is 19.4 Å². The third kappa shape index (κ3) is 5.44. The number of rotatable bonds is 9. The molecule has 0 aliphatic rings. The van der Waals surface area contributed by atoms with Gasteiger partial charge in [0.05, 0.1) is 23.8 Å². The second-order valence-electron chi connectivity index (χ2n) is 5.01. The molecule has 130 valence electrons. The molecule has 2 N–H and O–H groups in total. The minimum Gasteiger partial charge on any atom is -0.493 e. The van der Waals surface area contributed by atoms with Crippen molar-refractivity contribution >= 4 is 29.0 Å². The first kappa shape index (κ1) is 18.6. The number of halogens is 2. The first-order valence-electron chi connectivity index (χ1n) is 7.69. The Bertz CT molecular complexity index is 668. The highest BCUT2D eigenvalue weighted by atomic mass is 35.5. The molecule has 1 aromatic heterocycles. The quantitative estimate of drug-likeness (QED) is 0.654. The molecule has 0 unspecified atom stereocenters. The van der Waals surface area contributed by atoms with Gasteiger partial charge in [-0.1, -0.05) is 29.3 Å². The Morgan fingerprint density at radius 2 is 1.96 bits per heavy atom. The zero-order valence-electron chi connectivity index (χ0n) is 13.7. The lowest BCUT2D eigenvalue weighted by atomic mass is 10.2. The van der Waals surface area contributed by atoms with Crippen LogP contribution in [0.2, 0.25) is 10.0 Å². The molecule has 0 saturated heterocycles. The van der Waals surface area contributed by atoms with Crippen molar-refractivity contribution in [3.05, 3.63) is 46.1 Å². The maximum absolute atomic E-state index is 6.06. The lowest BCUT2D eigenvalue weighted by Gasteiger charge is -2.12. The summed E-state index contributed by atoms with van der Waals surface area (Å²) in [5, 5.41) is 7.55. The van der Waals surface area contributed by atoms with Crippen LogP contribution in [-0.4, -0.2) is 31.8 Å². The molecule has 7 heteroatoms. The zero-order chi connectivity index (χ0) is 17.4. The molecule has 1 aromatic carbocycles. The molecule has 2 rings (SSSR count). The van der Waals surface area contributed by atoms with Gasteiger partial charge >= 0.3 is 0 Å². The predicted octanol–water partition coefficient (Wildman–Crippen LogP) is 4.00. The fraction of sp³-hybridized carbons (Fsp3) is 0.353. The summed E-state index contributed by atoms with van der Waals surface area (Å²) in [6.07, 6.45) is 1.56. The number of ether oxygens (including phenoxy) is 2. The fourth-order valence-electron chi connectivity index (χ4n) is 2.14. The summed E-state index contributed by atoms with van der Waals surface area (Å²) in [5.74, 6) is 2.13. The van der Waals surface area contributed by atoms with Crippen LogP contribution >= 0.6 is 23.2 Å². The van der Waals surface area contributed by atoms with Crippen LogP contribution in [0, 0.1) is 0 Å². The van der Waals surface area contributed by atoms with Gasteiger partial charge < -0.3 is 20.1 Å². The molecule has 5 nitrogen and oxygen atoms in total. The first-order chi connectivity index (χ1) is 11.6. The van der Waals surface area contributed by atoms with Crippen molar-refractivity contribution < 1.29 is 9.47 Å². The molecule has 0 aliphatic heterocycles. The van der Waals surface area contributed by atoms with Gasteiger partial charge in [-0.15, -0.1) is 0 Å². The van der Waals surface area contributed by atoms with E-state index >= 15 is 0 Å². The summed E-state index contributed by atoms with van der Waals surface area (Å²) in [5.41, 5.74) is 1.12. The van der Waals surface area contributed by atoms with Gasteiger partial charge in [-0.2, -0.15) is 0 Å². The lowest BCUT2D eigenvalue weighted by Crippen LogP contribution is -2.22. The molecule has 1 heterocycles. The van der Waals surface area contributed by atoms with E-state index in [0.29, 0.717) is 29.0 Å². The molecule has 2 aromatic rings. The van der Waals surface area contributed by atoms with Crippen LogP contribution in [0.1, 0.15) is 12.5 Å². The van der Waals surface area contributed by atoms with Crippen molar-refractivity contribution in [2.24, 2.45) is 0 Å². The minimum absolute atomic E-state index is 0.513. The van der Waals surface area contributed by atoms with Gasteiger partial charge in [0, 0.05) is 25.8 Å². The summed E-state index contributed by atoms with van der Waals surface area (Å²) in [6, 6.07) is 7.58. The third-order valence-corrected chi connectivity index (χ3v) is 3.75. The molecule has 0 amide bonds. The van der Waals surface area contributed by atoms with E-state index in [4.69, 9.17) is 32.7 Å². The number of hydrogen-bond acceptors (Lipinski definition) is 5. The van der Waals surface area contributed by atoms with E-state index in [-0.39, 0.29) is 0 Å². The summed E-state index contributed by atoms with van der Waals surface area (Å²) >= 11 is 11.9. The van der Waals surface area contributed by atoms with E-state index in [0.717, 1.165) is 30.2 Å². The molecule has 24 heavy (non-hydrogen) atoms. The third-order valence-electron chi connectivity index (χ3n) is 3.26. The Kier molecular flexibility index (Phi) is 7.43. The number of pyridine rings is 1. The van der Waals surface area contributed by atoms with E-state index in [9.17, 15) is 0 Å². The Labute approximate surface area is 152 Å². The number of aromatic nitrogens is 1.